The summed E-state index contributed by atoms with van der Waals surface area (Å²) in [5.41, 5.74) is 0.743. The molecule has 0 saturated heterocycles. The van der Waals surface area contributed by atoms with E-state index in [4.69, 9.17) is 0 Å². The summed E-state index contributed by atoms with van der Waals surface area (Å²) in [6.45, 7) is 0.367. The molecule has 4 nitrogen and oxygen atoms in total. The molecule has 0 aromatic carbocycles. The summed E-state index contributed by atoms with van der Waals surface area (Å²) in [7, 11) is -3.20. The van der Waals surface area contributed by atoms with Crippen LogP contribution >= 0.6 is 0 Å². The fourth-order valence-corrected chi connectivity index (χ4v) is 2.27. The van der Waals surface area contributed by atoms with Gasteiger partial charge in [-0.25, -0.2) is 13.1 Å². The van der Waals surface area contributed by atoms with Crippen molar-refractivity contribution in [2.75, 3.05) is 0 Å². The molecule has 1 aromatic heterocycles. The van der Waals surface area contributed by atoms with Crippen LogP contribution in [0.1, 0.15) is 5.56 Å². The van der Waals surface area contributed by atoms with E-state index in [9.17, 15) is 8.42 Å². The first kappa shape index (κ1) is 6.75. The zero-order valence-corrected chi connectivity index (χ0v) is 6.43. The van der Waals surface area contributed by atoms with Gasteiger partial charge in [0.25, 0.3) is 0 Å². The van der Waals surface area contributed by atoms with Crippen LogP contribution in [0.2, 0.25) is 0 Å². The molecule has 0 aliphatic carbocycles. The van der Waals surface area contributed by atoms with Gasteiger partial charge in [0.1, 0.15) is 0 Å². The van der Waals surface area contributed by atoms with E-state index < -0.39 is 10.0 Å². The highest BCUT2D eigenvalue weighted by atomic mass is 32.2. The summed E-state index contributed by atoms with van der Waals surface area (Å²) in [4.78, 5) is 4.17. The average molecular weight is 170 g/mol. The van der Waals surface area contributed by atoms with Crippen molar-refractivity contribution in [1.29, 1.82) is 0 Å². The molecule has 1 aromatic rings. The standard InChI is InChI=1S/C6H6N2O2S/c9-11(10)6-1-2-7-3-5(6)4-8-11/h1-3,8H,4H2. The van der Waals surface area contributed by atoms with E-state index in [1.165, 1.54) is 12.3 Å². The molecule has 0 radical (unpaired) electrons. The van der Waals surface area contributed by atoms with Gasteiger partial charge in [0.15, 0.2) is 0 Å². The van der Waals surface area contributed by atoms with Gasteiger partial charge in [0.2, 0.25) is 10.0 Å². The molecule has 0 fully saturated rings. The first-order chi connectivity index (χ1) is 5.20. The van der Waals surface area contributed by atoms with Crippen molar-refractivity contribution in [2.45, 2.75) is 11.4 Å². The Kier molecular flexibility index (Phi) is 1.24. The normalized spacial score (nSPS) is 19.6. The third-order valence-electron chi connectivity index (χ3n) is 1.60. The van der Waals surface area contributed by atoms with E-state index in [-0.39, 0.29) is 0 Å². The van der Waals surface area contributed by atoms with E-state index in [1.54, 1.807) is 6.20 Å². The highest BCUT2D eigenvalue weighted by Gasteiger charge is 2.24. The maximum Gasteiger partial charge on any atom is 0.241 e. The van der Waals surface area contributed by atoms with Gasteiger partial charge >= 0.3 is 0 Å². The van der Waals surface area contributed by atoms with Gasteiger partial charge in [-0.2, -0.15) is 0 Å². The van der Waals surface area contributed by atoms with Crippen molar-refractivity contribution in [3.63, 3.8) is 0 Å². The molecule has 58 valence electrons. The first-order valence-electron chi connectivity index (χ1n) is 3.13. The van der Waals surface area contributed by atoms with E-state index in [0.717, 1.165) is 5.56 Å². The molecule has 5 heteroatoms. The number of hydrogen-bond acceptors (Lipinski definition) is 3. The van der Waals surface area contributed by atoms with E-state index in [1.807, 2.05) is 0 Å². The van der Waals surface area contributed by atoms with E-state index >= 15 is 0 Å². The molecule has 1 aliphatic heterocycles. The Morgan fingerprint density at radius 1 is 1.55 bits per heavy atom. The summed E-state index contributed by atoms with van der Waals surface area (Å²) in [5.74, 6) is 0. The molecule has 2 heterocycles. The number of sulfonamides is 1. The summed E-state index contributed by atoms with van der Waals surface area (Å²) >= 11 is 0. The Hall–Kier alpha value is -0.940. The monoisotopic (exact) mass is 170 g/mol. The van der Waals surface area contributed by atoms with Crippen LogP contribution < -0.4 is 4.72 Å². The Balaban J connectivity index is 2.75. The van der Waals surface area contributed by atoms with Crippen LogP contribution in [0.25, 0.3) is 0 Å². The highest BCUT2D eigenvalue weighted by molar-refractivity contribution is 7.89. The van der Waals surface area contributed by atoms with Crippen molar-refractivity contribution in [1.82, 2.24) is 9.71 Å². The average Bonchev–Trinajstić information content (AvgIpc) is 2.29. The number of nitrogens with one attached hydrogen (secondary N) is 1. The van der Waals surface area contributed by atoms with Gasteiger partial charge in [-0.3, -0.25) is 4.98 Å². The van der Waals surface area contributed by atoms with Crippen LogP contribution in [-0.4, -0.2) is 13.4 Å². The second-order valence-electron chi connectivity index (χ2n) is 2.31. The van der Waals surface area contributed by atoms with Crippen molar-refractivity contribution < 1.29 is 8.42 Å². The predicted molar refractivity (Wildman–Crippen MR) is 38.3 cm³/mol. The lowest BCUT2D eigenvalue weighted by Gasteiger charge is -1.92. The SMILES string of the molecule is O=S1(=O)NCc2cnccc21. The number of rotatable bonds is 0. The molecule has 11 heavy (non-hydrogen) atoms. The summed E-state index contributed by atoms with van der Waals surface area (Å²) in [5, 5.41) is 0. The smallest absolute Gasteiger partial charge is 0.241 e. The van der Waals surface area contributed by atoms with Gasteiger partial charge in [-0.15, -0.1) is 0 Å². The molecule has 1 N–H and O–H groups in total. The van der Waals surface area contributed by atoms with E-state index in [2.05, 4.69) is 9.71 Å². The van der Waals surface area contributed by atoms with Crippen LogP contribution in [0.15, 0.2) is 23.4 Å². The van der Waals surface area contributed by atoms with Crippen molar-refractivity contribution in [3.05, 3.63) is 24.0 Å². The minimum atomic E-state index is -3.20. The second kappa shape index (κ2) is 2.02. The number of nitrogens with zero attached hydrogens (tertiary/aromatic N) is 1. The van der Waals surface area contributed by atoms with Crippen LogP contribution in [0, 0.1) is 0 Å². The molecule has 0 unspecified atom stereocenters. The number of aromatic nitrogens is 1. The van der Waals surface area contributed by atoms with Gasteiger partial charge in [0, 0.05) is 24.5 Å². The molecule has 1 aliphatic rings. The summed E-state index contributed by atoms with van der Waals surface area (Å²) in [6.07, 6.45) is 3.04. The third kappa shape index (κ3) is 0.928. The van der Waals surface area contributed by atoms with E-state index in [0.29, 0.717) is 11.4 Å². The van der Waals surface area contributed by atoms with Gasteiger partial charge in [-0.05, 0) is 6.07 Å². The second-order valence-corrected chi connectivity index (χ2v) is 4.04. The van der Waals surface area contributed by atoms with Crippen LogP contribution in [-0.2, 0) is 16.6 Å². The zero-order valence-electron chi connectivity index (χ0n) is 5.61. The van der Waals surface area contributed by atoms with Crippen molar-refractivity contribution >= 4 is 10.0 Å². The maximum absolute atomic E-state index is 11.1. The minimum Gasteiger partial charge on any atom is -0.264 e. The lowest BCUT2D eigenvalue weighted by molar-refractivity contribution is 0.589. The van der Waals surface area contributed by atoms with Gasteiger partial charge in [0.05, 0.1) is 4.90 Å². The molecule has 0 amide bonds. The first-order valence-corrected chi connectivity index (χ1v) is 4.61. The predicted octanol–water partition coefficient (Wildman–Crippen LogP) is -0.127. The van der Waals surface area contributed by atoms with Crippen molar-refractivity contribution in [2.24, 2.45) is 0 Å². The Morgan fingerprint density at radius 3 is 3.09 bits per heavy atom. The fourth-order valence-electron chi connectivity index (χ4n) is 1.06. The summed E-state index contributed by atoms with van der Waals surface area (Å²) < 4.78 is 24.6. The van der Waals surface area contributed by atoms with Crippen LogP contribution in [0.5, 0.6) is 0 Å². The molecule has 0 bridgehead atoms. The minimum absolute atomic E-state index is 0.354. The Bertz CT molecular complexity index is 385. The zero-order chi connectivity index (χ0) is 7.90. The molecule has 0 spiro atoms. The third-order valence-corrected chi connectivity index (χ3v) is 3.10. The lowest BCUT2D eigenvalue weighted by Crippen LogP contribution is -2.13. The molecular weight excluding hydrogens is 164 g/mol. The topological polar surface area (TPSA) is 59.1 Å². The molecule has 0 saturated carbocycles. The fraction of sp³-hybridized carbons (Fsp3) is 0.167. The quantitative estimate of drug-likeness (QED) is 0.590. The Morgan fingerprint density at radius 2 is 2.36 bits per heavy atom. The number of hydrogen-bond donors (Lipinski definition) is 1. The van der Waals surface area contributed by atoms with Gasteiger partial charge in [-0.1, -0.05) is 0 Å². The summed E-state index contributed by atoms with van der Waals surface area (Å²) in [6, 6.07) is 1.50. The Labute approximate surface area is 64.3 Å². The van der Waals surface area contributed by atoms with Crippen LogP contribution in [0.3, 0.4) is 0 Å². The molecule has 2 rings (SSSR count). The largest absolute Gasteiger partial charge is 0.264 e. The molecule has 0 atom stereocenters. The number of fused-ring (bicyclic) bond motifs is 1. The molecular formula is C6H6N2O2S. The number of pyridine rings is 1. The maximum atomic E-state index is 11.1. The lowest BCUT2D eigenvalue weighted by atomic mass is 10.3. The van der Waals surface area contributed by atoms with Crippen molar-refractivity contribution in [3.8, 4) is 0 Å². The van der Waals surface area contributed by atoms with Gasteiger partial charge < -0.3 is 0 Å². The van der Waals surface area contributed by atoms with Crippen LogP contribution in [0.4, 0.5) is 0 Å². The highest BCUT2D eigenvalue weighted by Crippen LogP contribution is 2.19.